The largest absolute Gasteiger partial charge is 0.500 e. The molecule has 0 unspecified atom stereocenters. The van der Waals surface area contributed by atoms with Gasteiger partial charge in [0, 0.05) is 29.9 Å². The van der Waals surface area contributed by atoms with Crippen LogP contribution in [0, 0.1) is 10.1 Å². The summed E-state index contributed by atoms with van der Waals surface area (Å²) < 4.78 is 10.1. The van der Waals surface area contributed by atoms with Crippen LogP contribution in [0.3, 0.4) is 0 Å². The van der Waals surface area contributed by atoms with Crippen molar-refractivity contribution < 1.29 is 29.1 Å². The number of ether oxygens (including phenoxy) is 2. The van der Waals surface area contributed by atoms with E-state index in [9.17, 15) is 24.8 Å². The van der Waals surface area contributed by atoms with Gasteiger partial charge in [0.25, 0.3) is 5.91 Å². The average Bonchev–Trinajstić information content (AvgIpc) is 3.36. The van der Waals surface area contributed by atoms with Crippen LogP contribution in [0.5, 0.6) is 11.5 Å². The number of aromatic hydroxyl groups is 1. The highest BCUT2D eigenvalue weighted by Gasteiger charge is 2.23. The zero-order valence-electron chi connectivity index (χ0n) is 18.5. The van der Waals surface area contributed by atoms with Gasteiger partial charge < -0.3 is 24.9 Å². The summed E-state index contributed by atoms with van der Waals surface area (Å²) in [5.41, 5.74) is 3.24. The Kier molecular flexibility index (Phi) is 8.32. The number of carbonyl (C=O) groups is 2. The van der Waals surface area contributed by atoms with E-state index in [0.29, 0.717) is 5.69 Å². The van der Waals surface area contributed by atoms with E-state index in [1.807, 2.05) is 6.07 Å². The van der Waals surface area contributed by atoms with Gasteiger partial charge in [0.2, 0.25) is 5.75 Å². The molecule has 4 N–H and O–H groups in total. The van der Waals surface area contributed by atoms with Crippen LogP contribution in [0.4, 0.5) is 10.5 Å². The number of phenolic OH excluding ortho intramolecular Hbond substituents is 1. The molecule has 182 valence electrons. The van der Waals surface area contributed by atoms with Crippen molar-refractivity contribution in [3.05, 3.63) is 81.9 Å². The monoisotopic (exact) mass is 482 g/mol. The highest BCUT2D eigenvalue weighted by Crippen LogP contribution is 2.36. The number of nitro benzene ring substituents is 1. The Morgan fingerprint density at radius 2 is 2.09 bits per heavy atom. The Hall–Kier alpha value is -4.94. The van der Waals surface area contributed by atoms with Gasteiger partial charge in [-0.15, -0.1) is 0 Å². The lowest BCUT2D eigenvalue weighted by Gasteiger charge is -2.16. The highest BCUT2D eigenvalue weighted by molar-refractivity contribution is 5.88. The summed E-state index contributed by atoms with van der Waals surface area (Å²) in [4.78, 5) is 42.1. The minimum atomic E-state index is -1.07. The third-order valence-electron chi connectivity index (χ3n) is 4.68. The summed E-state index contributed by atoms with van der Waals surface area (Å²) in [5, 5.41) is 27.3. The van der Waals surface area contributed by atoms with Gasteiger partial charge in [0.15, 0.2) is 5.75 Å². The minimum absolute atomic E-state index is 0.0185. The standard InChI is InChI=1S/C22H22N6O7/c1-34-19-8-15(7-18(20(19)29)28(32)33)10-25-27-21(30)17(9-16-11-23-13-24-16)26-22(31)35-12-14-5-3-2-4-6-14/h2-8,10-11,13,17,29H,9,12H2,1H3,(H,23,24)(H,26,31)(H,27,30)/b25-10-/t17-/m1/s1. The number of aromatic amines is 1. The van der Waals surface area contributed by atoms with Crippen LogP contribution in [0.25, 0.3) is 0 Å². The van der Waals surface area contributed by atoms with Crippen LogP contribution < -0.4 is 15.5 Å². The number of carbonyl (C=O) groups excluding carboxylic acids is 2. The number of H-pyrrole nitrogens is 1. The normalized spacial score (nSPS) is 11.6. The minimum Gasteiger partial charge on any atom is -0.500 e. The summed E-state index contributed by atoms with van der Waals surface area (Å²) in [6, 6.07) is 10.3. The Morgan fingerprint density at radius 1 is 1.31 bits per heavy atom. The fourth-order valence-electron chi connectivity index (χ4n) is 2.96. The smallest absolute Gasteiger partial charge is 0.408 e. The number of amides is 2. The van der Waals surface area contributed by atoms with Crippen LogP contribution in [0.15, 0.2) is 60.1 Å². The number of alkyl carbamates (subject to hydrolysis) is 1. The number of aromatic nitrogens is 2. The Balaban J connectivity index is 1.67. The zero-order valence-corrected chi connectivity index (χ0v) is 18.5. The lowest BCUT2D eigenvalue weighted by atomic mass is 10.1. The van der Waals surface area contributed by atoms with Gasteiger partial charge in [0.05, 0.1) is 24.6 Å². The highest BCUT2D eigenvalue weighted by atomic mass is 16.6. The van der Waals surface area contributed by atoms with Crippen molar-refractivity contribution in [2.24, 2.45) is 5.10 Å². The van der Waals surface area contributed by atoms with Crippen LogP contribution >= 0.6 is 0 Å². The van der Waals surface area contributed by atoms with Gasteiger partial charge in [-0.25, -0.2) is 15.2 Å². The molecule has 0 spiro atoms. The average molecular weight is 482 g/mol. The molecule has 0 aliphatic heterocycles. The van der Waals surface area contributed by atoms with Gasteiger partial charge >= 0.3 is 11.8 Å². The molecule has 1 heterocycles. The molecule has 0 saturated carbocycles. The number of nitrogens with zero attached hydrogens (tertiary/aromatic N) is 3. The number of hydrogen-bond donors (Lipinski definition) is 4. The predicted octanol–water partition coefficient (Wildman–Crippen LogP) is 2.02. The molecule has 3 aromatic rings. The van der Waals surface area contributed by atoms with Crippen LogP contribution in [0.2, 0.25) is 0 Å². The maximum atomic E-state index is 12.7. The maximum absolute atomic E-state index is 12.7. The van der Waals surface area contributed by atoms with E-state index in [4.69, 9.17) is 9.47 Å². The molecule has 3 rings (SSSR count). The van der Waals surface area contributed by atoms with Crippen molar-refractivity contribution in [2.75, 3.05) is 7.11 Å². The van der Waals surface area contributed by atoms with Crippen LogP contribution in [-0.2, 0) is 22.6 Å². The van der Waals surface area contributed by atoms with E-state index in [0.717, 1.165) is 17.8 Å². The molecule has 0 bridgehead atoms. The fraction of sp³-hybridized carbons (Fsp3) is 0.182. The zero-order chi connectivity index (χ0) is 25.2. The maximum Gasteiger partial charge on any atom is 0.408 e. The molecule has 13 nitrogen and oxygen atoms in total. The first-order valence-corrected chi connectivity index (χ1v) is 10.2. The van der Waals surface area contributed by atoms with Crippen molar-refractivity contribution in [3.8, 4) is 11.5 Å². The molecule has 0 aliphatic rings. The first-order chi connectivity index (χ1) is 16.9. The Bertz CT molecular complexity index is 1200. The third-order valence-corrected chi connectivity index (χ3v) is 4.68. The molecular weight excluding hydrogens is 460 g/mol. The number of hydrazone groups is 1. The molecule has 0 fully saturated rings. The van der Waals surface area contributed by atoms with E-state index in [1.54, 1.807) is 24.3 Å². The second-order valence-electron chi connectivity index (χ2n) is 7.12. The second kappa shape index (κ2) is 11.8. The van der Waals surface area contributed by atoms with Crippen LogP contribution in [0.1, 0.15) is 16.8 Å². The number of benzene rings is 2. The Morgan fingerprint density at radius 3 is 2.74 bits per heavy atom. The number of methoxy groups -OCH3 is 1. The molecule has 2 aromatic carbocycles. The molecule has 0 aliphatic carbocycles. The lowest BCUT2D eigenvalue weighted by Crippen LogP contribution is -2.47. The summed E-state index contributed by atoms with van der Waals surface area (Å²) in [7, 11) is 1.24. The molecule has 1 atom stereocenters. The van der Waals surface area contributed by atoms with E-state index >= 15 is 0 Å². The summed E-state index contributed by atoms with van der Waals surface area (Å²) in [6.07, 6.45) is 3.33. The lowest BCUT2D eigenvalue weighted by molar-refractivity contribution is -0.386. The molecule has 35 heavy (non-hydrogen) atoms. The Labute approximate surface area is 198 Å². The molecular formula is C22H22N6O7. The SMILES string of the molecule is COc1cc(/C=N\NC(=O)[C@@H](Cc2cnc[nH]2)NC(=O)OCc2ccccc2)cc([N+](=O)[O-])c1O. The fourth-order valence-corrected chi connectivity index (χ4v) is 2.96. The van der Waals surface area contributed by atoms with Crippen LogP contribution in [-0.4, -0.2) is 51.4 Å². The topological polar surface area (TPSA) is 181 Å². The predicted molar refractivity (Wildman–Crippen MR) is 123 cm³/mol. The number of phenols is 1. The van der Waals surface area contributed by atoms with E-state index in [1.165, 1.54) is 25.7 Å². The molecule has 0 saturated heterocycles. The van der Waals surface area contributed by atoms with Gasteiger partial charge in [-0.05, 0) is 11.6 Å². The number of rotatable bonds is 10. The number of nitro groups is 1. The first-order valence-electron chi connectivity index (χ1n) is 10.2. The first kappa shape index (κ1) is 24.7. The number of nitrogens with one attached hydrogen (secondary N) is 3. The molecule has 0 radical (unpaired) electrons. The number of hydrogen-bond acceptors (Lipinski definition) is 9. The van der Waals surface area contributed by atoms with Gasteiger partial charge in [-0.1, -0.05) is 30.3 Å². The quantitative estimate of drug-likeness (QED) is 0.192. The van der Waals surface area contributed by atoms with E-state index in [2.05, 4.69) is 25.8 Å². The van der Waals surface area contributed by atoms with Gasteiger partial charge in [-0.2, -0.15) is 5.10 Å². The van der Waals surface area contributed by atoms with Gasteiger partial charge in [-0.3, -0.25) is 14.9 Å². The number of imidazole rings is 1. The second-order valence-corrected chi connectivity index (χ2v) is 7.12. The molecule has 2 amide bonds. The van der Waals surface area contributed by atoms with Crippen molar-refractivity contribution >= 4 is 23.9 Å². The summed E-state index contributed by atoms with van der Waals surface area (Å²) in [5.74, 6) is -1.43. The van der Waals surface area contributed by atoms with E-state index in [-0.39, 0.29) is 24.3 Å². The molecule has 1 aromatic heterocycles. The van der Waals surface area contributed by atoms with Crippen molar-refractivity contribution in [2.45, 2.75) is 19.1 Å². The van der Waals surface area contributed by atoms with Crippen molar-refractivity contribution in [1.82, 2.24) is 20.7 Å². The van der Waals surface area contributed by atoms with E-state index < -0.39 is 34.4 Å². The third kappa shape index (κ3) is 7.02. The van der Waals surface area contributed by atoms with Gasteiger partial charge in [0.1, 0.15) is 12.6 Å². The summed E-state index contributed by atoms with van der Waals surface area (Å²) in [6.45, 7) is 0.0185. The molecule has 13 heteroatoms. The van der Waals surface area contributed by atoms with Crippen molar-refractivity contribution in [1.29, 1.82) is 0 Å². The van der Waals surface area contributed by atoms with Crippen molar-refractivity contribution in [3.63, 3.8) is 0 Å². The summed E-state index contributed by atoms with van der Waals surface area (Å²) >= 11 is 0.